The highest BCUT2D eigenvalue weighted by molar-refractivity contribution is 5.81. The average molecular weight is 723 g/mol. The molecular formula is C51H62O3. The third kappa shape index (κ3) is 11.0. The minimum Gasteiger partial charge on any atom is -0.300 e. The normalized spacial score (nSPS) is 20.0. The van der Waals surface area contributed by atoms with Crippen molar-refractivity contribution in [2.45, 2.75) is 141 Å². The van der Waals surface area contributed by atoms with E-state index in [1.165, 1.54) is 44.5 Å². The summed E-state index contributed by atoms with van der Waals surface area (Å²) in [4.78, 5) is 37.8. The quantitative estimate of drug-likeness (QED) is 0.103. The Morgan fingerprint density at radius 2 is 0.741 bits per heavy atom. The highest BCUT2D eigenvalue weighted by atomic mass is 16.1. The largest absolute Gasteiger partial charge is 0.300 e. The molecule has 6 rings (SSSR count). The van der Waals surface area contributed by atoms with E-state index in [1.54, 1.807) is 0 Å². The van der Waals surface area contributed by atoms with Gasteiger partial charge in [0.05, 0.1) is 0 Å². The van der Waals surface area contributed by atoms with Gasteiger partial charge in [-0.1, -0.05) is 124 Å². The average Bonchev–Trinajstić information content (AvgIpc) is 3.24. The summed E-state index contributed by atoms with van der Waals surface area (Å²) in [6.07, 6.45) is 17.1. The van der Waals surface area contributed by atoms with E-state index in [4.69, 9.17) is 0 Å². The molecule has 0 bridgehead atoms. The molecule has 0 unspecified atom stereocenters. The Bertz CT molecular complexity index is 1630. The van der Waals surface area contributed by atoms with Crippen molar-refractivity contribution in [2.75, 3.05) is 0 Å². The van der Waals surface area contributed by atoms with E-state index in [2.05, 4.69) is 111 Å². The molecule has 4 aromatic rings. The summed E-state index contributed by atoms with van der Waals surface area (Å²) in [5.41, 5.74) is 10.1. The zero-order valence-electron chi connectivity index (χ0n) is 33.0. The molecule has 0 radical (unpaired) electrons. The van der Waals surface area contributed by atoms with Crippen molar-refractivity contribution >= 4 is 17.3 Å². The molecule has 0 aliphatic heterocycles. The molecule has 3 nitrogen and oxygen atoms in total. The van der Waals surface area contributed by atoms with Gasteiger partial charge in [-0.25, -0.2) is 0 Å². The van der Waals surface area contributed by atoms with Crippen LogP contribution in [0.2, 0.25) is 0 Å². The summed E-state index contributed by atoms with van der Waals surface area (Å²) < 4.78 is 0. The van der Waals surface area contributed by atoms with Crippen LogP contribution < -0.4 is 0 Å². The highest BCUT2D eigenvalue weighted by Crippen LogP contribution is 2.39. The minimum atomic E-state index is 0.283. The molecule has 4 aromatic carbocycles. The van der Waals surface area contributed by atoms with Crippen molar-refractivity contribution in [3.63, 3.8) is 0 Å². The van der Waals surface area contributed by atoms with Crippen LogP contribution in [0.15, 0.2) is 97.1 Å². The molecule has 284 valence electrons. The summed E-state index contributed by atoms with van der Waals surface area (Å²) in [6, 6.07) is 35.5. The molecule has 0 spiro atoms. The van der Waals surface area contributed by atoms with Crippen LogP contribution in [0.5, 0.6) is 0 Å². The molecule has 2 aliphatic rings. The highest BCUT2D eigenvalue weighted by Gasteiger charge is 2.27. The van der Waals surface area contributed by atoms with Crippen LogP contribution >= 0.6 is 0 Å². The second-order valence-corrected chi connectivity index (χ2v) is 16.4. The van der Waals surface area contributed by atoms with Crippen LogP contribution in [0.1, 0.15) is 151 Å². The van der Waals surface area contributed by atoms with Gasteiger partial charge in [0.2, 0.25) is 0 Å². The molecule has 54 heavy (non-hydrogen) atoms. The van der Waals surface area contributed by atoms with Gasteiger partial charge in [-0.05, 0) is 133 Å². The molecule has 0 saturated heterocycles. The number of aryl methyl sites for hydroxylation is 2. The number of benzene rings is 4. The zero-order chi connectivity index (χ0) is 37.7. The molecule has 0 aromatic heterocycles. The van der Waals surface area contributed by atoms with Gasteiger partial charge in [-0.15, -0.1) is 0 Å². The summed E-state index contributed by atoms with van der Waals surface area (Å²) >= 11 is 0. The van der Waals surface area contributed by atoms with E-state index in [9.17, 15) is 14.4 Å². The molecule has 0 atom stereocenters. The number of rotatable bonds is 18. The van der Waals surface area contributed by atoms with Crippen molar-refractivity contribution in [3.8, 4) is 22.3 Å². The first kappa shape index (κ1) is 39.6. The van der Waals surface area contributed by atoms with Crippen LogP contribution in [0.4, 0.5) is 0 Å². The number of ketones is 3. The monoisotopic (exact) mass is 722 g/mol. The minimum absolute atomic E-state index is 0.283. The van der Waals surface area contributed by atoms with E-state index in [-0.39, 0.29) is 11.8 Å². The topological polar surface area (TPSA) is 51.2 Å². The standard InChI is InChI=1S/C51H62O3/c1-3-5-7-50(53)47-31-27-45(28-32-47)43-23-19-41(20-24-43)39-15-9-37(10-16-39)13-35-49(52)36-14-38-11-17-40(18-12-38)42-21-25-44(26-22-42)46-29-33-48(34-30-46)51(54)8-6-4-2/h9-12,15-26,45-48H,3-8,13-14,27-36H2,1-2H3/t45-,46?,47-,48?. The van der Waals surface area contributed by atoms with Crippen LogP contribution in [-0.2, 0) is 27.2 Å². The predicted octanol–water partition coefficient (Wildman–Crippen LogP) is 13.2. The lowest BCUT2D eigenvalue weighted by atomic mass is 9.76. The van der Waals surface area contributed by atoms with Crippen LogP contribution in [0.3, 0.4) is 0 Å². The first-order valence-electron chi connectivity index (χ1n) is 21.4. The van der Waals surface area contributed by atoms with E-state index in [1.807, 2.05) is 0 Å². The fourth-order valence-corrected chi connectivity index (χ4v) is 8.92. The second-order valence-electron chi connectivity index (χ2n) is 16.4. The van der Waals surface area contributed by atoms with Crippen molar-refractivity contribution in [3.05, 3.63) is 119 Å². The van der Waals surface area contributed by atoms with Gasteiger partial charge in [-0.3, -0.25) is 14.4 Å². The van der Waals surface area contributed by atoms with Crippen molar-refractivity contribution in [1.29, 1.82) is 0 Å². The van der Waals surface area contributed by atoms with Gasteiger partial charge in [-0.2, -0.15) is 0 Å². The lowest BCUT2D eigenvalue weighted by Gasteiger charge is -2.28. The van der Waals surface area contributed by atoms with Crippen molar-refractivity contribution in [2.24, 2.45) is 11.8 Å². The maximum atomic E-state index is 12.8. The third-order valence-electron chi connectivity index (χ3n) is 12.6. The lowest BCUT2D eigenvalue weighted by Crippen LogP contribution is -2.21. The Labute approximate surface area is 325 Å². The summed E-state index contributed by atoms with van der Waals surface area (Å²) in [7, 11) is 0. The Morgan fingerprint density at radius 1 is 0.426 bits per heavy atom. The number of carbonyl (C=O) groups is 3. The summed E-state index contributed by atoms with van der Waals surface area (Å²) in [5, 5.41) is 0. The first-order valence-corrected chi connectivity index (χ1v) is 21.4. The molecule has 2 saturated carbocycles. The maximum Gasteiger partial charge on any atom is 0.135 e. The van der Waals surface area contributed by atoms with Gasteiger partial charge in [0.15, 0.2) is 0 Å². The lowest BCUT2D eigenvalue weighted by molar-refractivity contribution is -0.124. The zero-order valence-corrected chi connectivity index (χ0v) is 33.0. The Kier molecular flexibility index (Phi) is 14.7. The van der Waals surface area contributed by atoms with E-state index >= 15 is 0 Å². The predicted molar refractivity (Wildman–Crippen MR) is 224 cm³/mol. The van der Waals surface area contributed by atoms with E-state index in [0.29, 0.717) is 42.0 Å². The Hall–Kier alpha value is -4.11. The third-order valence-corrected chi connectivity index (χ3v) is 12.6. The van der Waals surface area contributed by atoms with Crippen molar-refractivity contribution < 1.29 is 14.4 Å². The van der Waals surface area contributed by atoms with Crippen LogP contribution in [0, 0.1) is 11.8 Å². The molecule has 0 heterocycles. The van der Waals surface area contributed by atoms with E-state index in [0.717, 1.165) is 103 Å². The first-order chi connectivity index (χ1) is 26.4. The van der Waals surface area contributed by atoms with E-state index < -0.39 is 0 Å². The summed E-state index contributed by atoms with van der Waals surface area (Å²) in [6.45, 7) is 4.31. The molecular weight excluding hydrogens is 661 g/mol. The molecule has 0 N–H and O–H groups in total. The molecule has 3 heteroatoms. The molecule has 2 fully saturated rings. The number of hydrogen-bond acceptors (Lipinski definition) is 3. The maximum absolute atomic E-state index is 12.8. The van der Waals surface area contributed by atoms with Gasteiger partial charge in [0.25, 0.3) is 0 Å². The fourth-order valence-electron chi connectivity index (χ4n) is 8.92. The number of carbonyl (C=O) groups excluding carboxylic acids is 3. The van der Waals surface area contributed by atoms with Gasteiger partial charge in [0.1, 0.15) is 17.3 Å². The van der Waals surface area contributed by atoms with Gasteiger partial charge in [0, 0.05) is 37.5 Å². The Morgan fingerprint density at radius 3 is 1.06 bits per heavy atom. The van der Waals surface area contributed by atoms with Gasteiger partial charge < -0.3 is 0 Å². The number of hydrogen-bond donors (Lipinski definition) is 0. The van der Waals surface area contributed by atoms with Gasteiger partial charge >= 0.3 is 0 Å². The number of unbranched alkanes of at least 4 members (excludes halogenated alkanes) is 2. The van der Waals surface area contributed by atoms with Crippen LogP contribution in [0.25, 0.3) is 22.3 Å². The Balaban J connectivity index is 0.900. The fraction of sp³-hybridized carbons (Fsp3) is 0.471. The molecule has 0 amide bonds. The second kappa shape index (κ2) is 20.0. The smallest absolute Gasteiger partial charge is 0.135 e. The SMILES string of the molecule is CCCCC(=O)C1CCC(c2ccc(-c3ccc(CCC(=O)CCc4ccc(-c5ccc([C@H]6CC[C@H](C(=O)CCCC)CC6)cc5)cc4)cc3)cc2)CC1. The summed E-state index contributed by atoms with van der Waals surface area (Å²) in [5.74, 6) is 2.98. The number of Topliss-reactive ketones (excluding diaryl/α,β-unsaturated/α-hetero) is 3. The van der Waals surface area contributed by atoms with Crippen LogP contribution in [-0.4, -0.2) is 17.3 Å². The molecule has 2 aliphatic carbocycles. The van der Waals surface area contributed by atoms with Crippen molar-refractivity contribution in [1.82, 2.24) is 0 Å².